The minimum Gasteiger partial charge on any atom is -0.350 e. The Morgan fingerprint density at radius 3 is 1.90 bits per heavy atom. The van der Waals surface area contributed by atoms with E-state index in [9.17, 15) is 26.4 Å². The molecule has 120 valence electrons. The van der Waals surface area contributed by atoms with Crippen molar-refractivity contribution in [2.45, 2.75) is 45.8 Å². The second kappa shape index (κ2) is 5.88. The number of hydrogen-bond donors (Lipinski definition) is 2. The smallest absolute Gasteiger partial charge is 0.350 e. The first kappa shape index (κ1) is 19.2. The lowest BCUT2D eigenvalue weighted by Crippen LogP contribution is -2.52. The van der Waals surface area contributed by atoms with Gasteiger partial charge in [0.15, 0.2) is 0 Å². The molecule has 0 unspecified atom stereocenters. The van der Waals surface area contributed by atoms with Crippen LogP contribution in [0.15, 0.2) is 0 Å². The van der Waals surface area contributed by atoms with Crippen molar-refractivity contribution in [1.29, 1.82) is 0 Å². The van der Waals surface area contributed by atoms with E-state index in [0.717, 1.165) is 20.1 Å². The van der Waals surface area contributed by atoms with Crippen molar-refractivity contribution in [3.8, 4) is 0 Å². The lowest BCUT2D eigenvalue weighted by molar-refractivity contribution is -0.214. The van der Waals surface area contributed by atoms with Gasteiger partial charge in [-0.2, -0.15) is 13.2 Å². The summed E-state index contributed by atoms with van der Waals surface area (Å²) in [6.45, 7) is 4.81. The third-order valence-corrected chi connectivity index (χ3v) is 3.29. The van der Waals surface area contributed by atoms with Crippen LogP contribution in [-0.2, 0) is 14.8 Å². The van der Waals surface area contributed by atoms with Crippen LogP contribution < -0.4 is 10.0 Å². The number of hydrogen-bond acceptors (Lipinski definition) is 3. The number of carbonyl (C=O) groups excluding carboxylic acids is 1. The molecule has 20 heavy (non-hydrogen) atoms. The highest BCUT2D eigenvalue weighted by molar-refractivity contribution is 7.88. The van der Waals surface area contributed by atoms with Crippen molar-refractivity contribution in [2.75, 3.05) is 12.8 Å². The van der Waals surface area contributed by atoms with E-state index < -0.39 is 39.5 Å². The highest BCUT2D eigenvalue weighted by Crippen LogP contribution is 2.40. The SMILES string of the molecule is CC(C)(CNS(C)(=O)=O)NC(=O)CC(C)(C)C(F)(F)F. The van der Waals surface area contributed by atoms with Crippen molar-refractivity contribution in [3.05, 3.63) is 0 Å². The summed E-state index contributed by atoms with van der Waals surface area (Å²) >= 11 is 0. The van der Waals surface area contributed by atoms with Crippen LogP contribution in [0.3, 0.4) is 0 Å². The molecule has 0 spiro atoms. The van der Waals surface area contributed by atoms with Gasteiger partial charge in [-0.3, -0.25) is 4.79 Å². The number of halogens is 3. The summed E-state index contributed by atoms with van der Waals surface area (Å²) < 4.78 is 62.1. The Hall–Kier alpha value is -0.830. The van der Waals surface area contributed by atoms with Crippen LogP contribution in [0.5, 0.6) is 0 Å². The molecule has 5 nitrogen and oxygen atoms in total. The second-order valence-corrected chi connectivity index (χ2v) is 7.92. The topological polar surface area (TPSA) is 75.3 Å². The fourth-order valence-corrected chi connectivity index (χ4v) is 1.90. The highest BCUT2D eigenvalue weighted by atomic mass is 32.2. The molecule has 1 amide bonds. The van der Waals surface area contributed by atoms with Crippen molar-refractivity contribution in [2.24, 2.45) is 5.41 Å². The maximum atomic E-state index is 12.7. The summed E-state index contributed by atoms with van der Waals surface area (Å²) in [6.07, 6.45) is -4.25. The molecule has 2 N–H and O–H groups in total. The highest BCUT2D eigenvalue weighted by Gasteiger charge is 2.48. The van der Waals surface area contributed by atoms with Gasteiger partial charge in [0.25, 0.3) is 0 Å². The lowest BCUT2D eigenvalue weighted by Gasteiger charge is -2.31. The van der Waals surface area contributed by atoms with E-state index in [1.165, 1.54) is 13.8 Å². The summed E-state index contributed by atoms with van der Waals surface area (Å²) in [5, 5.41) is 2.39. The van der Waals surface area contributed by atoms with Crippen molar-refractivity contribution < 1.29 is 26.4 Å². The molecule has 0 aliphatic rings. The van der Waals surface area contributed by atoms with Gasteiger partial charge in [0.2, 0.25) is 15.9 Å². The van der Waals surface area contributed by atoms with Crippen molar-refractivity contribution in [1.82, 2.24) is 10.0 Å². The van der Waals surface area contributed by atoms with E-state index in [4.69, 9.17) is 0 Å². The Kier molecular flexibility index (Phi) is 5.64. The van der Waals surface area contributed by atoms with Gasteiger partial charge in [0.05, 0.1) is 11.7 Å². The largest absolute Gasteiger partial charge is 0.394 e. The van der Waals surface area contributed by atoms with Crippen LogP contribution in [-0.4, -0.2) is 38.8 Å². The number of sulfonamides is 1. The number of amides is 1. The predicted molar refractivity (Wildman–Crippen MR) is 69.5 cm³/mol. The number of carbonyl (C=O) groups is 1. The molecule has 0 radical (unpaired) electrons. The van der Waals surface area contributed by atoms with Crippen LogP contribution >= 0.6 is 0 Å². The van der Waals surface area contributed by atoms with Crippen LogP contribution in [0.2, 0.25) is 0 Å². The Balaban J connectivity index is 4.61. The van der Waals surface area contributed by atoms with E-state index in [-0.39, 0.29) is 6.54 Å². The minimum atomic E-state index is -4.49. The van der Waals surface area contributed by atoms with Gasteiger partial charge in [0.1, 0.15) is 0 Å². The van der Waals surface area contributed by atoms with E-state index in [1.807, 2.05) is 0 Å². The van der Waals surface area contributed by atoms with Gasteiger partial charge in [0, 0.05) is 18.5 Å². The molecule has 0 saturated heterocycles. The van der Waals surface area contributed by atoms with E-state index in [2.05, 4.69) is 10.0 Å². The standard InChI is InChI=1S/C11H21F3N2O3S/c1-9(2,11(12,13)14)6-8(17)16-10(3,4)7-15-20(5,18)19/h15H,6-7H2,1-5H3,(H,16,17). The predicted octanol–water partition coefficient (Wildman–Crippen LogP) is 1.41. The third kappa shape index (κ3) is 7.09. The van der Waals surface area contributed by atoms with Crippen LogP contribution in [0.4, 0.5) is 13.2 Å². The van der Waals surface area contributed by atoms with Gasteiger partial charge in [-0.15, -0.1) is 0 Å². The summed E-state index contributed by atoms with van der Waals surface area (Å²) in [7, 11) is -3.43. The van der Waals surface area contributed by atoms with Gasteiger partial charge in [-0.05, 0) is 13.8 Å². The maximum Gasteiger partial charge on any atom is 0.394 e. The molecule has 9 heteroatoms. The fourth-order valence-electron chi connectivity index (χ4n) is 1.28. The van der Waals surface area contributed by atoms with Crippen molar-refractivity contribution >= 4 is 15.9 Å². The van der Waals surface area contributed by atoms with E-state index in [0.29, 0.717) is 0 Å². The molecule has 0 aromatic heterocycles. The van der Waals surface area contributed by atoms with Gasteiger partial charge in [-0.25, -0.2) is 13.1 Å². The fraction of sp³-hybridized carbons (Fsp3) is 0.909. The zero-order valence-electron chi connectivity index (χ0n) is 12.2. The minimum absolute atomic E-state index is 0.107. The van der Waals surface area contributed by atoms with Crippen LogP contribution in [0, 0.1) is 5.41 Å². The average Bonchev–Trinajstić information content (AvgIpc) is 2.09. The van der Waals surface area contributed by atoms with E-state index in [1.54, 1.807) is 0 Å². The summed E-state index contributed by atoms with van der Waals surface area (Å²) in [5.41, 5.74) is -3.13. The van der Waals surface area contributed by atoms with Crippen molar-refractivity contribution in [3.63, 3.8) is 0 Å². The molecule has 0 heterocycles. The first-order chi connectivity index (χ1) is 8.56. The first-order valence-corrected chi connectivity index (χ1v) is 7.77. The second-order valence-electron chi connectivity index (χ2n) is 6.08. The molecule has 0 aromatic carbocycles. The zero-order chi connectivity index (χ0) is 16.4. The maximum absolute atomic E-state index is 12.7. The molecule has 0 saturated carbocycles. The number of alkyl halides is 3. The Morgan fingerprint density at radius 1 is 1.10 bits per heavy atom. The molecule has 0 bridgehead atoms. The number of nitrogens with one attached hydrogen (secondary N) is 2. The van der Waals surface area contributed by atoms with Gasteiger partial charge < -0.3 is 5.32 Å². The monoisotopic (exact) mass is 318 g/mol. The van der Waals surface area contributed by atoms with Crippen LogP contribution in [0.25, 0.3) is 0 Å². The molecule has 0 aromatic rings. The quantitative estimate of drug-likeness (QED) is 0.777. The van der Waals surface area contributed by atoms with E-state index >= 15 is 0 Å². The number of rotatable bonds is 6. The molecule has 0 aliphatic heterocycles. The summed E-state index contributed by atoms with van der Waals surface area (Å²) in [6, 6.07) is 0. The zero-order valence-corrected chi connectivity index (χ0v) is 13.0. The normalized spacial score (nSPS) is 14.2. The van der Waals surface area contributed by atoms with Crippen LogP contribution in [0.1, 0.15) is 34.1 Å². The summed E-state index contributed by atoms with van der Waals surface area (Å²) in [4.78, 5) is 11.7. The molecule has 0 aliphatic carbocycles. The Bertz CT molecular complexity index is 456. The Morgan fingerprint density at radius 2 is 1.55 bits per heavy atom. The lowest BCUT2D eigenvalue weighted by atomic mass is 9.88. The van der Waals surface area contributed by atoms with Gasteiger partial charge >= 0.3 is 6.18 Å². The molecular weight excluding hydrogens is 297 g/mol. The molecular formula is C11H21F3N2O3S. The molecule has 0 rings (SSSR count). The summed E-state index contributed by atoms with van der Waals surface area (Å²) in [5.74, 6) is -0.785. The Labute approximate surface area is 117 Å². The van der Waals surface area contributed by atoms with Gasteiger partial charge in [-0.1, -0.05) is 13.8 Å². The molecule has 0 atom stereocenters. The first-order valence-electron chi connectivity index (χ1n) is 5.88. The third-order valence-electron chi connectivity index (χ3n) is 2.62. The average molecular weight is 318 g/mol. The molecule has 0 fully saturated rings.